The summed E-state index contributed by atoms with van der Waals surface area (Å²) in [7, 11) is 1.43. The second-order valence-corrected chi connectivity index (χ2v) is 5.90. The van der Waals surface area contributed by atoms with Crippen LogP contribution in [0.25, 0.3) is 23.0 Å². The molecule has 134 valence electrons. The molecule has 3 rings (SSSR count). The number of methoxy groups -OCH3 is 1. The van der Waals surface area contributed by atoms with E-state index < -0.39 is 4.92 Å². The van der Waals surface area contributed by atoms with E-state index in [0.29, 0.717) is 39.0 Å². The van der Waals surface area contributed by atoms with Crippen molar-refractivity contribution in [3.05, 3.63) is 81.1 Å². The van der Waals surface area contributed by atoms with Crippen LogP contribution >= 0.6 is 11.6 Å². The molecule has 0 radical (unpaired) electrons. The molecular weight excluding hydrogens is 368 g/mol. The van der Waals surface area contributed by atoms with Crippen molar-refractivity contribution < 1.29 is 14.1 Å². The van der Waals surface area contributed by atoms with Crippen molar-refractivity contribution in [1.82, 2.24) is 0 Å². The van der Waals surface area contributed by atoms with Crippen LogP contribution in [0.4, 0.5) is 5.69 Å². The molecule has 0 aliphatic heterocycles. The monoisotopic (exact) mass is 380 g/mol. The van der Waals surface area contributed by atoms with Crippen LogP contribution in [0.5, 0.6) is 5.75 Å². The zero-order chi connectivity index (χ0) is 19.4. The molecule has 0 atom stereocenters. The van der Waals surface area contributed by atoms with E-state index in [2.05, 4.69) is 6.07 Å². The topological polar surface area (TPSA) is 89.3 Å². The Kier molecular flexibility index (Phi) is 5.25. The molecule has 6 nitrogen and oxygen atoms in total. The van der Waals surface area contributed by atoms with Gasteiger partial charge in [-0.3, -0.25) is 10.1 Å². The first-order chi connectivity index (χ1) is 13.0. The van der Waals surface area contributed by atoms with E-state index in [4.69, 9.17) is 20.8 Å². The highest BCUT2D eigenvalue weighted by molar-refractivity contribution is 6.32. The first-order valence-electron chi connectivity index (χ1n) is 7.83. The maximum atomic E-state index is 10.9. The Morgan fingerprint density at radius 1 is 1.26 bits per heavy atom. The third kappa shape index (κ3) is 3.84. The van der Waals surface area contributed by atoms with Crippen LogP contribution in [-0.2, 0) is 0 Å². The molecule has 0 aliphatic carbocycles. The van der Waals surface area contributed by atoms with Crippen molar-refractivity contribution in [2.75, 3.05) is 7.11 Å². The number of non-ortho nitro benzene ring substituents is 1. The average Bonchev–Trinajstić information content (AvgIpc) is 3.14. The van der Waals surface area contributed by atoms with E-state index >= 15 is 0 Å². The molecular formula is C20H13ClN2O4. The zero-order valence-electron chi connectivity index (χ0n) is 14.2. The highest BCUT2D eigenvalue weighted by Gasteiger charge is 2.15. The van der Waals surface area contributed by atoms with Crippen LogP contribution < -0.4 is 4.74 Å². The van der Waals surface area contributed by atoms with Crippen LogP contribution in [0.2, 0.25) is 5.02 Å². The van der Waals surface area contributed by atoms with Crippen LogP contribution in [-0.4, -0.2) is 12.0 Å². The lowest BCUT2D eigenvalue weighted by Gasteiger charge is -2.05. The molecule has 0 bridgehead atoms. The maximum Gasteiger partial charge on any atom is 0.273 e. The number of ether oxygens (including phenoxy) is 1. The summed E-state index contributed by atoms with van der Waals surface area (Å²) in [5.74, 6) is 1.23. The molecule has 27 heavy (non-hydrogen) atoms. The van der Waals surface area contributed by atoms with E-state index in [-0.39, 0.29) is 5.69 Å². The van der Waals surface area contributed by atoms with E-state index in [0.717, 1.165) is 0 Å². The van der Waals surface area contributed by atoms with Crippen LogP contribution in [0.3, 0.4) is 0 Å². The Hall–Kier alpha value is -3.56. The average molecular weight is 381 g/mol. The molecule has 2 aromatic carbocycles. The van der Waals surface area contributed by atoms with Gasteiger partial charge in [-0.15, -0.1) is 0 Å². The number of nitrogens with zero attached hydrogens (tertiary/aromatic N) is 2. The van der Waals surface area contributed by atoms with Gasteiger partial charge in [0.15, 0.2) is 0 Å². The van der Waals surface area contributed by atoms with Crippen LogP contribution in [0.1, 0.15) is 11.3 Å². The fourth-order valence-corrected chi connectivity index (χ4v) is 2.80. The minimum atomic E-state index is -0.495. The largest absolute Gasteiger partial charge is 0.496 e. The Balaban J connectivity index is 1.99. The predicted octanol–water partition coefficient (Wildman–Crippen LogP) is 5.58. The van der Waals surface area contributed by atoms with Crippen molar-refractivity contribution in [1.29, 1.82) is 5.26 Å². The zero-order valence-corrected chi connectivity index (χ0v) is 14.9. The second kappa shape index (κ2) is 7.77. The summed E-state index contributed by atoms with van der Waals surface area (Å²) in [6, 6.07) is 16.8. The van der Waals surface area contributed by atoms with Gasteiger partial charge in [-0.2, -0.15) is 5.26 Å². The summed E-state index contributed by atoms with van der Waals surface area (Å²) in [6.45, 7) is 0. The number of hydrogen-bond acceptors (Lipinski definition) is 5. The van der Waals surface area contributed by atoms with Gasteiger partial charge in [-0.1, -0.05) is 29.8 Å². The van der Waals surface area contributed by atoms with E-state index in [1.165, 1.54) is 19.2 Å². The van der Waals surface area contributed by atoms with Gasteiger partial charge in [-0.25, -0.2) is 0 Å². The Bertz CT molecular complexity index is 1080. The molecule has 7 heteroatoms. The molecule has 0 saturated carbocycles. The van der Waals surface area contributed by atoms with Crippen molar-refractivity contribution in [2.24, 2.45) is 0 Å². The van der Waals surface area contributed by atoms with Crippen LogP contribution in [0, 0.1) is 21.4 Å². The predicted molar refractivity (Wildman–Crippen MR) is 102 cm³/mol. The van der Waals surface area contributed by atoms with Crippen LogP contribution in [0.15, 0.2) is 59.0 Å². The third-order valence-corrected chi connectivity index (χ3v) is 4.19. The molecule has 3 aromatic rings. The number of rotatable bonds is 5. The lowest BCUT2D eigenvalue weighted by Crippen LogP contribution is -1.92. The summed E-state index contributed by atoms with van der Waals surface area (Å²) in [4.78, 5) is 10.4. The molecule has 0 saturated heterocycles. The fourth-order valence-electron chi connectivity index (χ4n) is 2.56. The Morgan fingerprint density at radius 3 is 2.70 bits per heavy atom. The highest BCUT2D eigenvalue weighted by Crippen LogP contribution is 2.35. The summed E-state index contributed by atoms with van der Waals surface area (Å²) >= 11 is 6.15. The van der Waals surface area contributed by atoms with Gasteiger partial charge in [-0.05, 0) is 30.3 Å². The number of nitriles is 1. The van der Waals surface area contributed by atoms with Crippen molar-refractivity contribution >= 4 is 28.9 Å². The SMILES string of the molecule is COc1cc([N+](=O)[O-])ccc1-c1ccc(C=C(C#N)c2ccccc2Cl)o1. The fraction of sp³-hybridized carbons (Fsp3) is 0.0500. The minimum Gasteiger partial charge on any atom is -0.496 e. The molecule has 0 spiro atoms. The second-order valence-electron chi connectivity index (χ2n) is 5.49. The Morgan fingerprint density at radius 2 is 2.04 bits per heavy atom. The highest BCUT2D eigenvalue weighted by atomic mass is 35.5. The number of halogens is 1. The van der Waals surface area contributed by atoms with Gasteiger partial charge >= 0.3 is 0 Å². The number of benzene rings is 2. The first-order valence-corrected chi connectivity index (χ1v) is 8.20. The lowest BCUT2D eigenvalue weighted by molar-refractivity contribution is -0.384. The standard InChI is InChI=1S/C20H13ClN2O4/c1-26-20-11-14(23(24)25)6-8-17(20)19-9-7-15(27-19)10-13(12-22)16-4-2-3-5-18(16)21/h2-11H,1H3. The van der Waals surface area contributed by atoms with E-state index in [9.17, 15) is 15.4 Å². The van der Waals surface area contributed by atoms with Gasteiger partial charge < -0.3 is 9.15 Å². The smallest absolute Gasteiger partial charge is 0.273 e. The molecule has 1 aromatic heterocycles. The first kappa shape index (κ1) is 18.2. The van der Waals surface area contributed by atoms with E-state index in [1.807, 2.05) is 0 Å². The summed E-state index contributed by atoms with van der Waals surface area (Å²) in [6.07, 6.45) is 1.59. The quantitative estimate of drug-likeness (QED) is 0.327. The summed E-state index contributed by atoms with van der Waals surface area (Å²) in [5.41, 5.74) is 1.46. The third-order valence-electron chi connectivity index (χ3n) is 3.86. The number of hydrogen-bond donors (Lipinski definition) is 0. The summed E-state index contributed by atoms with van der Waals surface area (Å²) in [5, 5.41) is 20.8. The molecule has 0 N–H and O–H groups in total. The molecule has 0 fully saturated rings. The lowest BCUT2D eigenvalue weighted by atomic mass is 10.1. The van der Waals surface area contributed by atoms with Gasteiger partial charge in [0.25, 0.3) is 5.69 Å². The van der Waals surface area contributed by atoms with Gasteiger partial charge in [0, 0.05) is 16.7 Å². The van der Waals surface area contributed by atoms with E-state index in [1.54, 1.807) is 48.5 Å². The van der Waals surface area contributed by atoms with Crippen molar-refractivity contribution in [2.45, 2.75) is 0 Å². The van der Waals surface area contributed by atoms with Gasteiger partial charge in [0.05, 0.1) is 35.3 Å². The molecule has 0 amide bonds. The molecule has 0 unspecified atom stereocenters. The molecule has 0 aliphatic rings. The number of allylic oxidation sites excluding steroid dienone is 1. The maximum absolute atomic E-state index is 10.9. The van der Waals surface area contributed by atoms with Gasteiger partial charge in [0.1, 0.15) is 17.3 Å². The number of nitro groups is 1. The minimum absolute atomic E-state index is 0.0761. The molecule has 1 heterocycles. The van der Waals surface area contributed by atoms with Gasteiger partial charge in [0.2, 0.25) is 0 Å². The summed E-state index contributed by atoms with van der Waals surface area (Å²) < 4.78 is 11.0. The number of furan rings is 1. The Labute approximate surface area is 160 Å². The van der Waals surface area contributed by atoms with Crippen molar-refractivity contribution in [3.8, 4) is 23.1 Å². The number of nitro benzene ring substituents is 1. The van der Waals surface area contributed by atoms with Crippen molar-refractivity contribution in [3.63, 3.8) is 0 Å². The normalized spacial score (nSPS) is 11.1.